The van der Waals surface area contributed by atoms with E-state index in [1.807, 2.05) is 51.1 Å². The molecule has 2 aromatic rings. The van der Waals surface area contributed by atoms with E-state index in [9.17, 15) is 24.0 Å². The summed E-state index contributed by atoms with van der Waals surface area (Å²) >= 11 is 0. The van der Waals surface area contributed by atoms with Gasteiger partial charge in [-0.2, -0.15) is 0 Å². The highest BCUT2D eigenvalue weighted by atomic mass is 16.5. The van der Waals surface area contributed by atoms with Crippen molar-refractivity contribution in [2.75, 3.05) is 40.0 Å². The van der Waals surface area contributed by atoms with Gasteiger partial charge >= 0.3 is 0 Å². The number of likely N-dealkylation sites (N-methyl/N-ethyl adjacent to an activating group) is 1. The fourth-order valence-electron chi connectivity index (χ4n) is 4.94. The summed E-state index contributed by atoms with van der Waals surface area (Å²) in [6.07, 6.45) is 0.334. The topological polar surface area (TPSA) is 155 Å². The highest BCUT2D eigenvalue weighted by molar-refractivity contribution is 6.01. The molecule has 2 aromatic carbocycles. The number of nitrogens with zero attached hydrogens (tertiary/aromatic N) is 1. The third kappa shape index (κ3) is 11.5. The lowest BCUT2D eigenvalue weighted by molar-refractivity contribution is -0.139. The summed E-state index contributed by atoms with van der Waals surface area (Å²) in [4.78, 5) is 67.8. The van der Waals surface area contributed by atoms with Crippen LogP contribution in [0.3, 0.4) is 0 Å². The van der Waals surface area contributed by atoms with Crippen molar-refractivity contribution in [2.45, 2.75) is 58.2 Å². The molecule has 0 bridgehead atoms. The zero-order chi connectivity index (χ0) is 32.8. The van der Waals surface area contributed by atoms with Gasteiger partial charge in [-0.05, 0) is 43.4 Å². The first-order valence-electron chi connectivity index (χ1n) is 15.3. The maximum Gasteiger partial charge on any atom is 0.255 e. The van der Waals surface area contributed by atoms with Crippen molar-refractivity contribution in [2.24, 2.45) is 5.92 Å². The molecule has 244 valence electrons. The maximum absolute atomic E-state index is 13.5. The molecule has 0 aromatic heterocycles. The van der Waals surface area contributed by atoms with Crippen LogP contribution in [0.4, 0.5) is 0 Å². The van der Waals surface area contributed by atoms with E-state index < -0.39 is 54.1 Å². The quantitative estimate of drug-likeness (QED) is 0.308. The third-order valence-corrected chi connectivity index (χ3v) is 7.12. The van der Waals surface area contributed by atoms with Crippen molar-refractivity contribution in [1.29, 1.82) is 0 Å². The summed E-state index contributed by atoms with van der Waals surface area (Å²) in [5.41, 5.74) is 1.12. The van der Waals surface area contributed by atoms with Crippen LogP contribution in [0.15, 0.2) is 54.6 Å². The smallest absolute Gasteiger partial charge is 0.255 e. The molecule has 12 nitrogen and oxygen atoms in total. The lowest BCUT2D eigenvalue weighted by Crippen LogP contribution is -2.53. The van der Waals surface area contributed by atoms with E-state index >= 15 is 0 Å². The first-order chi connectivity index (χ1) is 21.6. The zero-order valence-corrected chi connectivity index (χ0v) is 26.5. The van der Waals surface area contributed by atoms with E-state index in [1.165, 1.54) is 11.9 Å². The van der Waals surface area contributed by atoms with Crippen molar-refractivity contribution in [1.82, 2.24) is 26.2 Å². The second-order valence-electron chi connectivity index (χ2n) is 11.4. The van der Waals surface area contributed by atoms with Gasteiger partial charge in [-0.25, -0.2) is 0 Å². The Morgan fingerprint density at radius 2 is 1.71 bits per heavy atom. The van der Waals surface area contributed by atoms with Gasteiger partial charge < -0.3 is 35.6 Å². The molecule has 3 rings (SSSR count). The van der Waals surface area contributed by atoms with Gasteiger partial charge in [0.2, 0.25) is 23.6 Å². The molecule has 12 heteroatoms. The number of para-hydroxylation sites is 1. The zero-order valence-electron chi connectivity index (χ0n) is 26.5. The monoisotopic (exact) mass is 623 g/mol. The first-order valence-corrected chi connectivity index (χ1v) is 15.3. The Morgan fingerprint density at radius 1 is 1.00 bits per heavy atom. The van der Waals surface area contributed by atoms with E-state index in [4.69, 9.17) is 9.47 Å². The summed E-state index contributed by atoms with van der Waals surface area (Å²) in [6, 6.07) is 13.4. The first kappa shape index (κ1) is 35.0. The fourth-order valence-corrected chi connectivity index (χ4v) is 4.94. The number of benzene rings is 2. The second-order valence-corrected chi connectivity index (χ2v) is 11.4. The predicted octanol–water partition coefficient (Wildman–Crippen LogP) is 1.44. The van der Waals surface area contributed by atoms with Crippen LogP contribution in [0, 0.1) is 5.92 Å². The summed E-state index contributed by atoms with van der Waals surface area (Å²) in [5.74, 6) is -2.35. The van der Waals surface area contributed by atoms with Crippen molar-refractivity contribution < 1.29 is 33.4 Å². The standard InChI is InChI=1S/C33H45N5O7/c1-5-44-16-15-34-32(42)26-19-29(39)36-27(17-22(2)3)33(43)38(4)20-30(40)35-24(18-23-11-7-6-8-12-23)21-45-28-14-10-9-13-25(28)31(41)37-26/h6-14,22,24,26-27H,5,15-21H2,1-4H3,(H,34,42)(H,35,40)(H,36,39)(H,37,41)/t24-,26+,27-/m1/s1. The number of ether oxygens (including phenoxy) is 2. The van der Waals surface area contributed by atoms with E-state index in [0.717, 1.165) is 5.56 Å². The second kappa shape index (κ2) is 17.7. The SMILES string of the molecule is CCOCCNC(=O)[C@@H]1CC(=O)N[C@H](CC(C)C)C(=O)N(C)CC(=O)N[C@H](Cc2ccccc2)COc2ccccc2C(=O)N1. The maximum atomic E-state index is 13.5. The van der Waals surface area contributed by atoms with Gasteiger partial charge in [-0.3, -0.25) is 24.0 Å². The number of hydrogen-bond donors (Lipinski definition) is 4. The molecule has 1 heterocycles. The van der Waals surface area contributed by atoms with Gasteiger partial charge in [0.05, 0.1) is 31.2 Å². The summed E-state index contributed by atoms with van der Waals surface area (Å²) in [6.45, 7) is 6.36. The minimum Gasteiger partial charge on any atom is -0.491 e. The van der Waals surface area contributed by atoms with Gasteiger partial charge in [-0.1, -0.05) is 56.3 Å². The average Bonchev–Trinajstić information content (AvgIpc) is 3.00. The number of carbonyl (C=O) groups is 5. The van der Waals surface area contributed by atoms with Crippen LogP contribution < -0.4 is 26.0 Å². The summed E-state index contributed by atoms with van der Waals surface area (Å²) in [5, 5.41) is 11.1. The van der Waals surface area contributed by atoms with Crippen LogP contribution in [-0.2, 0) is 30.3 Å². The molecule has 1 aliphatic rings. The van der Waals surface area contributed by atoms with E-state index in [2.05, 4.69) is 21.3 Å². The van der Waals surface area contributed by atoms with Gasteiger partial charge in [0, 0.05) is 20.2 Å². The average molecular weight is 624 g/mol. The predicted molar refractivity (Wildman–Crippen MR) is 168 cm³/mol. The number of rotatable bonds is 9. The number of amides is 5. The molecule has 4 N–H and O–H groups in total. The van der Waals surface area contributed by atoms with Crippen molar-refractivity contribution in [3.63, 3.8) is 0 Å². The van der Waals surface area contributed by atoms with Crippen LogP contribution >= 0.6 is 0 Å². The highest BCUT2D eigenvalue weighted by Crippen LogP contribution is 2.19. The van der Waals surface area contributed by atoms with E-state index in [-0.39, 0.29) is 43.5 Å². The molecule has 0 saturated heterocycles. The van der Waals surface area contributed by atoms with Crippen LogP contribution in [0.5, 0.6) is 5.75 Å². The molecule has 0 fully saturated rings. The molecule has 5 amide bonds. The number of hydrogen-bond acceptors (Lipinski definition) is 7. The van der Waals surface area contributed by atoms with Crippen LogP contribution in [-0.4, -0.2) is 92.5 Å². The summed E-state index contributed by atoms with van der Waals surface area (Å²) in [7, 11) is 1.50. The Morgan fingerprint density at radius 3 is 2.42 bits per heavy atom. The van der Waals surface area contributed by atoms with Crippen molar-refractivity contribution in [3.8, 4) is 5.75 Å². The van der Waals surface area contributed by atoms with Crippen molar-refractivity contribution in [3.05, 3.63) is 65.7 Å². The van der Waals surface area contributed by atoms with Gasteiger partial charge in [0.15, 0.2) is 0 Å². The molecule has 1 aliphatic heterocycles. The van der Waals surface area contributed by atoms with Crippen molar-refractivity contribution >= 4 is 29.5 Å². The molecule has 0 unspecified atom stereocenters. The summed E-state index contributed by atoms with van der Waals surface area (Å²) < 4.78 is 11.4. The minimum atomic E-state index is -1.25. The highest BCUT2D eigenvalue weighted by Gasteiger charge is 2.30. The molecule has 45 heavy (non-hydrogen) atoms. The fraction of sp³-hybridized carbons (Fsp3) is 0.485. The lowest BCUT2D eigenvalue weighted by atomic mass is 10.0. The van der Waals surface area contributed by atoms with Gasteiger partial charge in [0.25, 0.3) is 5.91 Å². The van der Waals surface area contributed by atoms with Crippen LogP contribution in [0.1, 0.15) is 49.5 Å². The van der Waals surface area contributed by atoms with Crippen LogP contribution in [0.25, 0.3) is 0 Å². The molecule has 3 atom stereocenters. The number of carbonyl (C=O) groups excluding carboxylic acids is 5. The molecule has 0 radical (unpaired) electrons. The Balaban J connectivity index is 1.95. The molecule has 0 saturated carbocycles. The Hall–Kier alpha value is -4.45. The largest absolute Gasteiger partial charge is 0.491 e. The molecular weight excluding hydrogens is 578 g/mol. The van der Waals surface area contributed by atoms with Gasteiger partial charge in [-0.15, -0.1) is 0 Å². The number of nitrogens with one attached hydrogen (secondary N) is 4. The lowest BCUT2D eigenvalue weighted by Gasteiger charge is -2.27. The van der Waals surface area contributed by atoms with Crippen LogP contribution in [0.2, 0.25) is 0 Å². The van der Waals surface area contributed by atoms with E-state index in [0.29, 0.717) is 19.4 Å². The molecular formula is C33H45N5O7. The Bertz CT molecular complexity index is 1300. The molecule has 0 spiro atoms. The Labute approximate surface area is 264 Å². The number of fused-ring (bicyclic) bond motifs is 1. The normalized spacial score (nSPS) is 20.3. The molecule has 0 aliphatic carbocycles. The van der Waals surface area contributed by atoms with Gasteiger partial charge in [0.1, 0.15) is 24.4 Å². The van der Waals surface area contributed by atoms with E-state index in [1.54, 1.807) is 24.3 Å². The minimum absolute atomic E-state index is 0.0277. The Kier molecular flexibility index (Phi) is 13.8. The third-order valence-electron chi connectivity index (χ3n) is 7.12.